The van der Waals surface area contributed by atoms with Gasteiger partial charge in [-0.1, -0.05) is 136 Å². The molecule has 4 aliphatic rings. The first kappa shape index (κ1) is 36.2. The summed E-state index contributed by atoms with van der Waals surface area (Å²) in [7, 11) is 0. The van der Waals surface area contributed by atoms with Crippen LogP contribution in [0, 0.1) is 32.5 Å². The van der Waals surface area contributed by atoms with Gasteiger partial charge in [-0.3, -0.25) is 0 Å². The fourth-order valence-corrected chi connectivity index (χ4v) is 3.54. The molecule has 4 rings (SSSR count). The Kier molecular flexibility index (Phi) is 15.6. The molecule has 0 heteroatoms. The molecule has 0 radical (unpaired) electrons. The van der Waals surface area contributed by atoms with E-state index in [4.69, 9.17) is 0 Å². The zero-order valence-corrected chi connectivity index (χ0v) is 27.5. The van der Waals surface area contributed by atoms with Gasteiger partial charge in [0.05, 0.1) is 0 Å². The zero-order chi connectivity index (χ0) is 27.5. The van der Waals surface area contributed by atoms with Crippen LogP contribution in [0.15, 0.2) is 0 Å². The van der Waals surface area contributed by atoms with E-state index in [0.717, 1.165) is 21.7 Å². The van der Waals surface area contributed by atoms with E-state index in [-0.39, 0.29) is 0 Å². The van der Waals surface area contributed by atoms with Gasteiger partial charge in [-0.05, 0) is 83.9 Å². The molecule has 0 nitrogen and oxygen atoms in total. The highest BCUT2D eigenvalue weighted by molar-refractivity contribution is 4.79. The summed E-state index contributed by atoms with van der Waals surface area (Å²) in [6, 6.07) is 0. The molecule has 0 heterocycles. The third-order valence-electron chi connectivity index (χ3n) is 6.83. The molecule has 0 amide bonds. The summed E-state index contributed by atoms with van der Waals surface area (Å²) in [5.74, 6) is 0. The first-order valence-electron chi connectivity index (χ1n) is 14.8. The van der Waals surface area contributed by atoms with E-state index >= 15 is 0 Å². The number of rotatable bonds is 0. The minimum Gasteiger partial charge on any atom is -0.0604 e. The number of hydrogen-bond acceptors (Lipinski definition) is 0. The van der Waals surface area contributed by atoms with Gasteiger partial charge in [-0.25, -0.2) is 0 Å². The highest BCUT2D eigenvalue weighted by Crippen LogP contribution is 2.40. The molecule has 0 saturated heterocycles. The minimum atomic E-state index is 0.500. The molecule has 0 aromatic rings. The maximum atomic E-state index is 2.33. The number of hydrogen-bond donors (Lipinski definition) is 0. The van der Waals surface area contributed by atoms with Crippen molar-refractivity contribution in [3.05, 3.63) is 0 Å². The Morgan fingerprint density at radius 1 is 0.294 bits per heavy atom. The SMILES string of the molecule is CC(C)(C)C.CC(C)(C)C.CC1(C)CCC1.CC1(C)CCC1.CC1(C)CCC1.CC1(C)CCC1. The molecule has 0 N–H and O–H groups in total. The third-order valence-corrected chi connectivity index (χ3v) is 6.83. The summed E-state index contributed by atoms with van der Waals surface area (Å²) in [6.45, 7) is 36.1. The average molecular weight is 481 g/mol. The van der Waals surface area contributed by atoms with E-state index in [9.17, 15) is 0 Å². The normalized spacial score (nSPS) is 24.0. The summed E-state index contributed by atoms with van der Waals surface area (Å²) in [4.78, 5) is 0. The van der Waals surface area contributed by atoms with Crippen molar-refractivity contribution in [2.24, 2.45) is 32.5 Å². The Bertz CT molecular complexity index is 381. The molecule has 0 aromatic heterocycles. The van der Waals surface area contributed by atoms with Gasteiger partial charge in [0.1, 0.15) is 0 Å². The van der Waals surface area contributed by atoms with Crippen LogP contribution >= 0.6 is 0 Å². The van der Waals surface area contributed by atoms with E-state index in [1.807, 2.05) is 0 Å². The van der Waals surface area contributed by atoms with E-state index in [1.165, 1.54) is 77.0 Å². The summed E-state index contributed by atoms with van der Waals surface area (Å²) >= 11 is 0. The van der Waals surface area contributed by atoms with Gasteiger partial charge in [0, 0.05) is 0 Å². The van der Waals surface area contributed by atoms with E-state index in [2.05, 4.69) is 111 Å². The zero-order valence-electron chi connectivity index (χ0n) is 27.5. The van der Waals surface area contributed by atoms with Crippen LogP contribution in [0.5, 0.6) is 0 Å². The van der Waals surface area contributed by atoms with Crippen LogP contribution in [0.3, 0.4) is 0 Å². The monoisotopic (exact) mass is 481 g/mol. The second-order valence-electron chi connectivity index (χ2n) is 18.1. The van der Waals surface area contributed by atoms with Crippen molar-refractivity contribution in [3.8, 4) is 0 Å². The Morgan fingerprint density at radius 2 is 0.353 bits per heavy atom. The molecule has 0 aliphatic heterocycles. The first-order chi connectivity index (χ1) is 14.8. The van der Waals surface area contributed by atoms with Crippen molar-refractivity contribution in [2.75, 3.05) is 0 Å². The van der Waals surface area contributed by atoms with E-state index in [1.54, 1.807) is 0 Å². The van der Waals surface area contributed by atoms with Crippen molar-refractivity contribution < 1.29 is 0 Å². The van der Waals surface area contributed by atoms with Gasteiger partial charge in [0.2, 0.25) is 0 Å². The topological polar surface area (TPSA) is 0 Å². The lowest BCUT2D eigenvalue weighted by Crippen LogP contribution is -2.20. The van der Waals surface area contributed by atoms with E-state index in [0.29, 0.717) is 10.8 Å². The van der Waals surface area contributed by atoms with Crippen LogP contribution in [0.25, 0.3) is 0 Å². The molecule has 0 atom stereocenters. The molecular formula is C34H72. The lowest BCUT2D eigenvalue weighted by Gasteiger charge is -2.33. The molecular weight excluding hydrogens is 408 g/mol. The standard InChI is InChI=1S/4C6H12.2C5H12/c4*1-6(2)4-3-5-6;2*1-5(2,3)4/h4*3-5H2,1-2H3;2*1-4H3. The highest BCUT2D eigenvalue weighted by atomic mass is 14.3. The molecule has 4 saturated carbocycles. The van der Waals surface area contributed by atoms with Gasteiger partial charge in [-0.15, -0.1) is 0 Å². The molecule has 0 spiro atoms. The summed E-state index contributed by atoms with van der Waals surface area (Å²) in [6.07, 6.45) is 17.5. The first-order valence-corrected chi connectivity index (χ1v) is 14.8. The smallest absolute Gasteiger partial charge is 0.0354 e. The van der Waals surface area contributed by atoms with Gasteiger partial charge in [0.25, 0.3) is 0 Å². The van der Waals surface area contributed by atoms with Gasteiger partial charge in [0.15, 0.2) is 0 Å². The summed E-state index contributed by atoms with van der Waals surface area (Å²) < 4.78 is 0. The molecule has 4 fully saturated rings. The minimum absolute atomic E-state index is 0.500. The maximum Gasteiger partial charge on any atom is -0.0354 e. The quantitative estimate of drug-likeness (QED) is 0.323. The van der Waals surface area contributed by atoms with Gasteiger partial charge >= 0.3 is 0 Å². The molecule has 208 valence electrons. The van der Waals surface area contributed by atoms with Crippen molar-refractivity contribution >= 4 is 0 Å². The molecule has 0 unspecified atom stereocenters. The van der Waals surface area contributed by atoms with Crippen molar-refractivity contribution in [1.29, 1.82) is 0 Å². The largest absolute Gasteiger partial charge is 0.0604 e. The second kappa shape index (κ2) is 14.7. The van der Waals surface area contributed by atoms with Crippen LogP contribution < -0.4 is 0 Å². The Hall–Kier alpha value is 0. The van der Waals surface area contributed by atoms with Crippen LogP contribution in [-0.2, 0) is 0 Å². The fraction of sp³-hybridized carbons (Fsp3) is 1.00. The van der Waals surface area contributed by atoms with Gasteiger partial charge in [-0.2, -0.15) is 0 Å². The molecule has 34 heavy (non-hydrogen) atoms. The summed E-state index contributed by atoms with van der Waals surface area (Å²) in [5.41, 5.74) is 3.89. The van der Waals surface area contributed by atoms with Crippen molar-refractivity contribution in [1.82, 2.24) is 0 Å². The lowest BCUT2D eigenvalue weighted by molar-refractivity contribution is 0.190. The third kappa shape index (κ3) is 30.0. The Labute approximate surface area is 220 Å². The Morgan fingerprint density at radius 3 is 0.353 bits per heavy atom. The highest BCUT2D eigenvalue weighted by Gasteiger charge is 2.26. The fourth-order valence-electron chi connectivity index (χ4n) is 3.54. The lowest BCUT2D eigenvalue weighted by atomic mass is 9.72. The molecule has 0 aromatic carbocycles. The van der Waals surface area contributed by atoms with Crippen LogP contribution in [-0.4, -0.2) is 0 Å². The van der Waals surface area contributed by atoms with Crippen LogP contribution in [0.4, 0.5) is 0 Å². The van der Waals surface area contributed by atoms with Crippen LogP contribution in [0.2, 0.25) is 0 Å². The van der Waals surface area contributed by atoms with Crippen LogP contribution in [0.1, 0.15) is 188 Å². The predicted molar refractivity (Wildman–Crippen MR) is 161 cm³/mol. The molecule has 4 aliphatic carbocycles. The van der Waals surface area contributed by atoms with Gasteiger partial charge < -0.3 is 0 Å². The maximum absolute atomic E-state index is 2.33. The summed E-state index contributed by atoms with van der Waals surface area (Å²) in [5, 5.41) is 0. The predicted octanol–water partition coefficient (Wildman–Crippen LogP) is 12.9. The second-order valence-corrected chi connectivity index (χ2v) is 18.1. The molecule has 0 bridgehead atoms. The van der Waals surface area contributed by atoms with Crippen molar-refractivity contribution in [3.63, 3.8) is 0 Å². The average Bonchev–Trinajstić information content (AvgIpc) is 2.48. The van der Waals surface area contributed by atoms with E-state index < -0.39 is 0 Å². The Balaban J connectivity index is 0. The van der Waals surface area contributed by atoms with Crippen molar-refractivity contribution in [2.45, 2.75) is 188 Å².